The molecule has 0 aliphatic carbocycles. The number of hydrogen-bond acceptors (Lipinski definition) is 3. The van der Waals surface area contributed by atoms with Crippen LogP contribution in [0.3, 0.4) is 0 Å². The van der Waals surface area contributed by atoms with Crippen LogP contribution in [0.1, 0.15) is 58.6 Å². The summed E-state index contributed by atoms with van der Waals surface area (Å²) in [5.41, 5.74) is 7.85. The van der Waals surface area contributed by atoms with Gasteiger partial charge in [0.15, 0.2) is 0 Å². The van der Waals surface area contributed by atoms with E-state index in [9.17, 15) is 0 Å². The van der Waals surface area contributed by atoms with E-state index in [4.69, 9.17) is 1.37 Å². The van der Waals surface area contributed by atoms with Gasteiger partial charge in [0, 0.05) is 32.4 Å². The number of nitrogens with zero attached hydrogens (tertiary/aromatic N) is 2. The molecule has 0 unspecified atom stereocenters. The van der Waals surface area contributed by atoms with Gasteiger partial charge in [-0.2, -0.15) is 11.3 Å². The van der Waals surface area contributed by atoms with Gasteiger partial charge < -0.3 is 4.98 Å². The molecule has 0 amide bonds. The first-order chi connectivity index (χ1) is 20.6. The third-order valence-corrected chi connectivity index (χ3v) is 13.5. The van der Waals surface area contributed by atoms with Gasteiger partial charge in [-0.25, -0.2) is 0 Å². The molecule has 3 aromatic heterocycles. The molecule has 44 heavy (non-hydrogen) atoms. The topological polar surface area (TPSA) is 25.8 Å². The Bertz CT molecular complexity index is 1910. The van der Waals surface area contributed by atoms with Crippen LogP contribution in [0.15, 0.2) is 85.2 Å². The Balaban J connectivity index is 0.000000231. The van der Waals surface area contributed by atoms with Crippen molar-refractivity contribution >= 4 is 49.2 Å². The summed E-state index contributed by atoms with van der Waals surface area (Å²) in [5.74, 6) is 6.49. The number of aromatic nitrogens is 2. The summed E-state index contributed by atoms with van der Waals surface area (Å²) in [6, 6.07) is 31.6. The van der Waals surface area contributed by atoms with Crippen LogP contribution in [0.5, 0.6) is 0 Å². The molecule has 6 aromatic rings. The SMILES string of the molecule is [2H]C(C)(C)c1ccnc(-c2[c-]ccc3c2sc2c(C)c(C(C)(C)C)ccc23)c1.[CH3][Ge]([CH3])([CH3])[c]1ccc(-c2[c-]cccc2)nc1.[Ir]. The molecular weight excluding hydrogens is 793 g/mol. The molecule has 0 fully saturated rings. The van der Waals surface area contributed by atoms with Gasteiger partial charge in [-0.15, -0.1) is 23.8 Å². The molecule has 0 saturated heterocycles. The van der Waals surface area contributed by atoms with Crippen molar-refractivity contribution in [2.45, 2.75) is 70.1 Å². The molecular formula is C39H42GeIrN2S-2. The van der Waals surface area contributed by atoms with E-state index in [-0.39, 0.29) is 25.5 Å². The number of thiophene rings is 1. The second-order valence-corrected chi connectivity index (χ2v) is 25.1. The first-order valence-electron chi connectivity index (χ1n) is 15.4. The number of benzene rings is 3. The minimum atomic E-state index is -1.72. The quantitative estimate of drug-likeness (QED) is 0.131. The molecule has 5 heteroatoms. The average molecular weight is 837 g/mol. The normalized spacial score (nSPS) is 12.3. The van der Waals surface area contributed by atoms with Gasteiger partial charge in [0.1, 0.15) is 0 Å². The maximum absolute atomic E-state index is 8.36. The number of fused-ring (bicyclic) bond motifs is 3. The van der Waals surface area contributed by atoms with Crippen molar-refractivity contribution in [2.24, 2.45) is 0 Å². The fourth-order valence-electron chi connectivity index (χ4n) is 5.37. The molecule has 3 heterocycles. The maximum atomic E-state index is 8.36. The van der Waals surface area contributed by atoms with E-state index >= 15 is 0 Å². The Morgan fingerprint density at radius 1 is 0.841 bits per heavy atom. The van der Waals surface area contributed by atoms with E-state index in [1.54, 1.807) is 0 Å². The summed E-state index contributed by atoms with van der Waals surface area (Å²) in [4.78, 5) is 9.15. The third kappa shape index (κ3) is 7.42. The molecule has 3 aromatic carbocycles. The van der Waals surface area contributed by atoms with Gasteiger partial charge in [0.25, 0.3) is 0 Å². The predicted molar refractivity (Wildman–Crippen MR) is 190 cm³/mol. The van der Waals surface area contributed by atoms with Crippen LogP contribution in [0.2, 0.25) is 17.3 Å². The Morgan fingerprint density at radius 2 is 1.59 bits per heavy atom. The summed E-state index contributed by atoms with van der Waals surface area (Å²) in [7, 11) is 0. The smallest absolute Gasteiger partial charge is 0 e. The molecule has 229 valence electrons. The van der Waals surface area contributed by atoms with E-state index in [1.165, 1.54) is 35.7 Å². The second kappa shape index (κ2) is 13.8. The van der Waals surface area contributed by atoms with E-state index in [0.29, 0.717) is 0 Å². The predicted octanol–water partition coefficient (Wildman–Crippen LogP) is 10.7. The summed E-state index contributed by atoms with van der Waals surface area (Å²) < 4.78 is 12.4. The molecule has 1 radical (unpaired) electrons. The Labute approximate surface area is 285 Å². The zero-order valence-corrected chi connectivity index (χ0v) is 32.5. The first kappa shape index (κ1) is 32.8. The standard InChI is InChI=1S/C25H26NS.C14H16GeN.Ir/c1-15(2)17-12-13-26-22(14-17)20-9-7-8-18-19-10-11-21(25(4,5)6)16(3)23(19)27-24(18)20;1-15(2,3)13-9-10-14(16-11-13)12-7-5-4-6-8-12;/h7-8,10-15H,1-6H3;4-7,9-11H,1-3H3;/q2*-1;/i15D;;. The van der Waals surface area contributed by atoms with Gasteiger partial charge in [0.2, 0.25) is 0 Å². The monoisotopic (exact) mass is 838 g/mol. The molecule has 0 N–H and O–H groups in total. The Hall–Kier alpha value is -2.63. The van der Waals surface area contributed by atoms with Crippen LogP contribution >= 0.6 is 11.3 Å². The van der Waals surface area contributed by atoms with Crippen molar-refractivity contribution in [2.75, 3.05) is 0 Å². The van der Waals surface area contributed by atoms with Crippen LogP contribution in [-0.2, 0) is 25.5 Å². The summed E-state index contributed by atoms with van der Waals surface area (Å²) in [5, 5.41) is 2.56. The minimum absolute atomic E-state index is 0. The average Bonchev–Trinajstić information content (AvgIpc) is 3.37. The van der Waals surface area contributed by atoms with Crippen molar-refractivity contribution in [3.05, 3.63) is 114 Å². The molecule has 0 spiro atoms. The van der Waals surface area contributed by atoms with Gasteiger partial charge >= 0.3 is 99.8 Å². The fourth-order valence-corrected chi connectivity index (χ4v) is 8.85. The number of rotatable bonds is 4. The number of hydrogen-bond donors (Lipinski definition) is 0. The molecule has 6 rings (SSSR count). The van der Waals surface area contributed by atoms with Gasteiger partial charge in [-0.05, 0) is 51.2 Å². The molecule has 0 aliphatic heterocycles. The molecule has 0 bridgehead atoms. The molecule has 2 nitrogen and oxygen atoms in total. The largest absolute Gasteiger partial charge is 0 e. The van der Waals surface area contributed by atoms with E-state index < -0.39 is 19.2 Å². The van der Waals surface area contributed by atoms with Crippen LogP contribution < -0.4 is 4.40 Å². The number of pyridine rings is 2. The van der Waals surface area contributed by atoms with Crippen LogP contribution in [0.25, 0.3) is 42.7 Å². The van der Waals surface area contributed by atoms with Crippen LogP contribution in [0, 0.1) is 19.1 Å². The molecule has 0 atom stereocenters. The fraction of sp³-hybridized carbons (Fsp3) is 0.282. The third-order valence-electron chi connectivity index (χ3n) is 7.87. The second-order valence-electron chi connectivity index (χ2n) is 13.5. The number of aryl methyl sites for hydroxylation is 1. The Kier molecular flexibility index (Phi) is 10.3. The van der Waals surface area contributed by atoms with Gasteiger partial charge in [-0.3, -0.25) is 0 Å². The molecule has 0 aliphatic rings. The van der Waals surface area contributed by atoms with E-state index in [0.717, 1.165) is 28.1 Å². The summed E-state index contributed by atoms with van der Waals surface area (Å²) in [6.45, 7) is 12.9. The summed E-state index contributed by atoms with van der Waals surface area (Å²) in [6.07, 6.45) is 3.85. The summed E-state index contributed by atoms with van der Waals surface area (Å²) >= 11 is 0.119. The van der Waals surface area contributed by atoms with E-state index in [2.05, 4.69) is 97.4 Å². The first-order valence-corrected chi connectivity index (χ1v) is 23.1. The Morgan fingerprint density at radius 3 is 2.20 bits per heavy atom. The van der Waals surface area contributed by atoms with Gasteiger partial charge in [0.05, 0.1) is 0 Å². The van der Waals surface area contributed by atoms with Crippen molar-refractivity contribution in [1.82, 2.24) is 9.97 Å². The van der Waals surface area contributed by atoms with Crippen LogP contribution in [-0.4, -0.2) is 23.2 Å². The van der Waals surface area contributed by atoms with Crippen LogP contribution in [0.4, 0.5) is 0 Å². The minimum Gasteiger partial charge on any atom is 0 e. The van der Waals surface area contributed by atoms with E-state index in [1.807, 2.05) is 80.0 Å². The van der Waals surface area contributed by atoms with Crippen molar-refractivity contribution in [1.29, 1.82) is 0 Å². The van der Waals surface area contributed by atoms with Crippen molar-refractivity contribution in [3.8, 4) is 22.5 Å². The van der Waals surface area contributed by atoms with Crippen molar-refractivity contribution < 1.29 is 21.5 Å². The van der Waals surface area contributed by atoms with Crippen molar-refractivity contribution in [3.63, 3.8) is 0 Å². The van der Waals surface area contributed by atoms with Gasteiger partial charge in [-0.1, -0.05) is 63.8 Å². The zero-order valence-electron chi connectivity index (χ0n) is 28.2. The zero-order chi connectivity index (χ0) is 31.9. The maximum Gasteiger partial charge on any atom is 0 e. The molecule has 0 saturated carbocycles.